The molecule has 2 aromatic rings. The van der Waals surface area contributed by atoms with Gasteiger partial charge in [0.1, 0.15) is 18.0 Å². The second kappa shape index (κ2) is 5.65. The van der Waals surface area contributed by atoms with Crippen molar-refractivity contribution >= 4 is 22.5 Å². The van der Waals surface area contributed by atoms with Crippen LogP contribution in [0.5, 0.6) is 0 Å². The van der Waals surface area contributed by atoms with Gasteiger partial charge in [0, 0.05) is 67.2 Å². The molecule has 3 fully saturated rings. The average molecular weight is 342 g/mol. The first-order chi connectivity index (χ1) is 11.8. The van der Waals surface area contributed by atoms with E-state index in [2.05, 4.69) is 30.2 Å². The zero-order valence-electron chi connectivity index (χ0n) is 13.9. The van der Waals surface area contributed by atoms with Crippen molar-refractivity contribution in [3.63, 3.8) is 0 Å². The highest BCUT2D eigenvalue weighted by atomic mass is 32.1. The smallest absolute Gasteiger partial charge is 0.205 e. The second-order valence-electron chi connectivity index (χ2n) is 7.41. The molecule has 2 aromatic heterocycles. The van der Waals surface area contributed by atoms with Crippen molar-refractivity contribution in [2.45, 2.75) is 32.1 Å². The summed E-state index contributed by atoms with van der Waals surface area (Å²) in [6, 6.07) is 2.09. The molecular weight excluding hydrogens is 320 g/mol. The van der Waals surface area contributed by atoms with Crippen LogP contribution in [-0.4, -0.2) is 45.5 Å². The minimum Gasteiger partial charge on any atom is -0.356 e. The van der Waals surface area contributed by atoms with E-state index >= 15 is 0 Å². The predicted octanol–water partition coefficient (Wildman–Crippen LogP) is 2.48. The molecule has 0 spiro atoms. The Labute approximate surface area is 146 Å². The Hall–Kier alpha value is -1.76. The fourth-order valence-electron chi connectivity index (χ4n) is 4.14. The summed E-state index contributed by atoms with van der Waals surface area (Å²) >= 11 is 1.59. The zero-order valence-corrected chi connectivity index (χ0v) is 14.7. The van der Waals surface area contributed by atoms with Gasteiger partial charge in [0.15, 0.2) is 0 Å². The van der Waals surface area contributed by atoms with Crippen molar-refractivity contribution in [2.24, 2.45) is 11.8 Å². The molecule has 3 aliphatic rings. The van der Waals surface area contributed by atoms with Crippen LogP contribution < -0.4 is 9.80 Å². The molecule has 0 bridgehead atoms. The van der Waals surface area contributed by atoms with E-state index in [1.165, 1.54) is 19.3 Å². The van der Waals surface area contributed by atoms with E-state index in [4.69, 9.17) is 4.98 Å². The fourth-order valence-corrected chi connectivity index (χ4v) is 4.90. The van der Waals surface area contributed by atoms with E-state index in [0.717, 1.165) is 48.6 Å². The van der Waals surface area contributed by atoms with E-state index in [0.29, 0.717) is 17.8 Å². The molecule has 0 aromatic carbocycles. The molecule has 1 saturated carbocycles. The normalized spacial score (nSPS) is 26.7. The standard InChI is InChI=1S/C17H22N6S/c1-11-5-15(19-10-18-11)22-6-13-8-23(9-14(13)7-22)17-20-16(21-24-17)12-3-2-4-12/h5,10,12-14H,2-4,6-9H2,1H3. The summed E-state index contributed by atoms with van der Waals surface area (Å²) in [5.74, 6) is 4.21. The third kappa shape index (κ3) is 2.46. The van der Waals surface area contributed by atoms with Gasteiger partial charge in [-0.05, 0) is 19.8 Å². The van der Waals surface area contributed by atoms with Crippen LogP contribution in [0.4, 0.5) is 10.9 Å². The molecule has 2 saturated heterocycles. The van der Waals surface area contributed by atoms with Gasteiger partial charge in [-0.15, -0.1) is 0 Å². The highest BCUT2D eigenvalue weighted by molar-refractivity contribution is 7.09. The summed E-state index contributed by atoms with van der Waals surface area (Å²) in [6.45, 7) is 6.41. The van der Waals surface area contributed by atoms with Crippen molar-refractivity contribution < 1.29 is 0 Å². The average Bonchev–Trinajstić information content (AvgIpc) is 3.18. The van der Waals surface area contributed by atoms with E-state index in [1.54, 1.807) is 17.9 Å². The van der Waals surface area contributed by atoms with Crippen molar-refractivity contribution in [1.29, 1.82) is 0 Å². The maximum Gasteiger partial charge on any atom is 0.205 e. The first-order valence-corrected chi connectivity index (χ1v) is 9.66. The molecule has 0 radical (unpaired) electrons. The van der Waals surface area contributed by atoms with Crippen LogP contribution in [0.1, 0.15) is 36.7 Å². The molecule has 24 heavy (non-hydrogen) atoms. The number of aromatic nitrogens is 4. The number of anilines is 2. The maximum absolute atomic E-state index is 4.83. The van der Waals surface area contributed by atoms with Crippen LogP contribution >= 0.6 is 11.5 Å². The first-order valence-electron chi connectivity index (χ1n) is 8.88. The van der Waals surface area contributed by atoms with Gasteiger partial charge < -0.3 is 9.80 Å². The van der Waals surface area contributed by atoms with Gasteiger partial charge in [-0.2, -0.15) is 4.37 Å². The lowest BCUT2D eigenvalue weighted by atomic mass is 9.85. The third-order valence-electron chi connectivity index (χ3n) is 5.77. The zero-order chi connectivity index (χ0) is 16.1. The largest absolute Gasteiger partial charge is 0.356 e. The van der Waals surface area contributed by atoms with E-state index in [-0.39, 0.29) is 0 Å². The van der Waals surface area contributed by atoms with Crippen LogP contribution in [0.25, 0.3) is 0 Å². The molecule has 0 N–H and O–H groups in total. The van der Waals surface area contributed by atoms with E-state index < -0.39 is 0 Å². The second-order valence-corrected chi connectivity index (χ2v) is 8.14. The molecule has 2 unspecified atom stereocenters. The molecule has 5 rings (SSSR count). The highest BCUT2D eigenvalue weighted by Gasteiger charge is 2.41. The molecule has 7 heteroatoms. The molecule has 2 atom stereocenters. The van der Waals surface area contributed by atoms with Crippen molar-refractivity contribution in [2.75, 3.05) is 36.0 Å². The number of aryl methyl sites for hydroxylation is 1. The van der Waals surface area contributed by atoms with Crippen LogP contribution in [-0.2, 0) is 0 Å². The van der Waals surface area contributed by atoms with Crippen molar-refractivity contribution in [3.05, 3.63) is 23.9 Å². The summed E-state index contributed by atoms with van der Waals surface area (Å²) in [4.78, 5) is 18.4. The lowest BCUT2D eigenvalue weighted by Crippen LogP contribution is -2.29. The quantitative estimate of drug-likeness (QED) is 0.854. The molecule has 126 valence electrons. The van der Waals surface area contributed by atoms with Crippen LogP contribution in [0.15, 0.2) is 12.4 Å². The van der Waals surface area contributed by atoms with Gasteiger partial charge in [0.2, 0.25) is 5.13 Å². The Kier molecular flexibility index (Phi) is 3.43. The monoisotopic (exact) mass is 342 g/mol. The topological polar surface area (TPSA) is 58.0 Å². The Bertz CT molecular complexity index is 728. The molecule has 6 nitrogen and oxygen atoms in total. The summed E-state index contributed by atoms with van der Waals surface area (Å²) in [6.07, 6.45) is 5.56. The first kappa shape index (κ1) is 14.6. The number of hydrogen-bond donors (Lipinski definition) is 0. The summed E-state index contributed by atoms with van der Waals surface area (Å²) < 4.78 is 4.61. The Morgan fingerprint density at radius 1 is 1.04 bits per heavy atom. The molecule has 0 amide bonds. The molecular formula is C17H22N6S. The summed E-state index contributed by atoms with van der Waals surface area (Å²) in [5, 5.41) is 1.13. The maximum atomic E-state index is 4.83. The summed E-state index contributed by atoms with van der Waals surface area (Å²) in [7, 11) is 0. The Balaban J connectivity index is 1.25. The minimum atomic E-state index is 0.633. The van der Waals surface area contributed by atoms with Gasteiger partial charge >= 0.3 is 0 Å². The summed E-state index contributed by atoms with van der Waals surface area (Å²) in [5.41, 5.74) is 1.04. The van der Waals surface area contributed by atoms with Gasteiger partial charge in [-0.3, -0.25) is 0 Å². The Morgan fingerprint density at radius 3 is 2.46 bits per heavy atom. The Morgan fingerprint density at radius 2 is 1.79 bits per heavy atom. The number of nitrogens with zero attached hydrogens (tertiary/aromatic N) is 6. The number of hydrogen-bond acceptors (Lipinski definition) is 7. The van der Waals surface area contributed by atoms with Crippen LogP contribution in [0, 0.1) is 18.8 Å². The van der Waals surface area contributed by atoms with E-state index in [9.17, 15) is 0 Å². The van der Waals surface area contributed by atoms with Crippen LogP contribution in [0.2, 0.25) is 0 Å². The van der Waals surface area contributed by atoms with Gasteiger partial charge in [-0.1, -0.05) is 6.42 Å². The number of rotatable bonds is 3. The predicted molar refractivity (Wildman–Crippen MR) is 94.7 cm³/mol. The van der Waals surface area contributed by atoms with Crippen LogP contribution in [0.3, 0.4) is 0 Å². The lowest BCUT2D eigenvalue weighted by molar-refractivity contribution is 0.405. The number of fused-ring (bicyclic) bond motifs is 1. The van der Waals surface area contributed by atoms with Crippen molar-refractivity contribution in [3.8, 4) is 0 Å². The van der Waals surface area contributed by atoms with Gasteiger partial charge in [0.05, 0.1) is 0 Å². The molecule has 2 aliphatic heterocycles. The lowest BCUT2D eigenvalue weighted by Gasteiger charge is -2.23. The molecule has 4 heterocycles. The van der Waals surface area contributed by atoms with Gasteiger partial charge in [0.25, 0.3) is 0 Å². The molecule has 1 aliphatic carbocycles. The van der Waals surface area contributed by atoms with E-state index in [1.807, 2.05) is 6.92 Å². The van der Waals surface area contributed by atoms with Gasteiger partial charge in [-0.25, -0.2) is 15.0 Å². The van der Waals surface area contributed by atoms with Crippen molar-refractivity contribution in [1.82, 2.24) is 19.3 Å². The SMILES string of the molecule is Cc1cc(N2CC3CN(c4nc(C5CCC5)ns4)CC3C2)ncn1. The highest BCUT2D eigenvalue weighted by Crippen LogP contribution is 2.39. The minimum absolute atomic E-state index is 0.633. The third-order valence-corrected chi connectivity index (χ3v) is 6.56. The fraction of sp³-hybridized carbons (Fsp3) is 0.647.